The molecule has 0 unspecified atom stereocenters. The van der Waals surface area contributed by atoms with Crippen LogP contribution in [0.4, 0.5) is 0 Å². The summed E-state index contributed by atoms with van der Waals surface area (Å²) in [4.78, 5) is 10.5. The summed E-state index contributed by atoms with van der Waals surface area (Å²) in [5, 5.41) is 40.2. The highest BCUT2D eigenvalue weighted by atomic mass is 16.6. The Bertz CT molecular complexity index is 645. The summed E-state index contributed by atoms with van der Waals surface area (Å²) in [6.45, 7) is 2.20. The Morgan fingerprint density at radius 3 is 1.51 bits per heavy atom. The standard InChI is InChI=1S/C34H64O7/c1-2-3-4-14-18-27(35)19-17-21-29(37)31-24-26-33(41-31)32-25-23-30(40-32)28(36)20-15-12-10-8-6-5-7-9-11-13-16-22-34(38)39/h27-33,35-37H,2-26H2,1H3,(H,38,39)/t27-,28+,29-,30+,31+,32+,33+/m0/s1. The van der Waals surface area contributed by atoms with Crippen LogP contribution in [0.15, 0.2) is 0 Å². The van der Waals surface area contributed by atoms with Crippen molar-refractivity contribution in [3.63, 3.8) is 0 Å². The molecule has 41 heavy (non-hydrogen) atoms. The third-order valence-corrected chi connectivity index (χ3v) is 9.26. The molecular weight excluding hydrogens is 520 g/mol. The second-order valence-corrected chi connectivity index (χ2v) is 13.0. The van der Waals surface area contributed by atoms with Crippen molar-refractivity contribution < 1.29 is 34.7 Å². The lowest BCUT2D eigenvalue weighted by molar-refractivity contribution is -0.137. The van der Waals surface area contributed by atoms with Crippen molar-refractivity contribution in [1.82, 2.24) is 0 Å². The second-order valence-electron chi connectivity index (χ2n) is 13.0. The largest absolute Gasteiger partial charge is 0.481 e. The molecule has 7 atom stereocenters. The predicted molar refractivity (Wildman–Crippen MR) is 164 cm³/mol. The van der Waals surface area contributed by atoms with E-state index >= 15 is 0 Å². The first kappa shape index (κ1) is 36.5. The van der Waals surface area contributed by atoms with Gasteiger partial charge in [-0.1, -0.05) is 96.8 Å². The number of unbranched alkanes of at least 4 members (excludes halogenated alkanes) is 13. The van der Waals surface area contributed by atoms with E-state index in [1.54, 1.807) is 0 Å². The van der Waals surface area contributed by atoms with E-state index in [0.29, 0.717) is 12.8 Å². The molecule has 0 aromatic rings. The maximum Gasteiger partial charge on any atom is 0.303 e. The summed E-state index contributed by atoms with van der Waals surface area (Å²) in [6.07, 6.45) is 23.8. The average molecular weight is 585 g/mol. The van der Waals surface area contributed by atoms with Gasteiger partial charge in [-0.3, -0.25) is 4.79 Å². The lowest BCUT2D eigenvalue weighted by Gasteiger charge is -2.24. The van der Waals surface area contributed by atoms with Crippen LogP contribution in [0.2, 0.25) is 0 Å². The van der Waals surface area contributed by atoms with Gasteiger partial charge in [-0.15, -0.1) is 0 Å². The molecule has 242 valence electrons. The van der Waals surface area contributed by atoms with Gasteiger partial charge in [0.1, 0.15) is 0 Å². The number of carbonyl (C=O) groups is 1. The van der Waals surface area contributed by atoms with E-state index in [1.807, 2.05) is 0 Å². The Hall–Kier alpha value is -0.730. The zero-order valence-corrected chi connectivity index (χ0v) is 26.2. The van der Waals surface area contributed by atoms with Gasteiger partial charge >= 0.3 is 5.97 Å². The molecule has 0 radical (unpaired) electrons. The molecule has 0 amide bonds. The van der Waals surface area contributed by atoms with Crippen molar-refractivity contribution in [3.8, 4) is 0 Å². The minimum Gasteiger partial charge on any atom is -0.481 e. The highest BCUT2D eigenvalue weighted by Crippen LogP contribution is 2.34. The fraction of sp³-hybridized carbons (Fsp3) is 0.971. The number of hydrogen-bond donors (Lipinski definition) is 4. The molecule has 0 saturated carbocycles. The van der Waals surface area contributed by atoms with Crippen LogP contribution in [0.3, 0.4) is 0 Å². The van der Waals surface area contributed by atoms with Gasteiger partial charge in [0.15, 0.2) is 0 Å². The summed E-state index contributed by atoms with van der Waals surface area (Å²) < 4.78 is 12.5. The number of carboxylic acid groups (broad SMARTS) is 1. The monoisotopic (exact) mass is 584 g/mol. The molecule has 2 fully saturated rings. The number of carboxylic acids is 1. The normalized spacial score (nSPS) is 25.0. The first-order valence-electron chi connectivity index (χ1n) is 17.5. The summed E-state index contributed by atoms with van der Waals surface area (Å²) in [6, 6.07) is 0. The van der Waals surface area contributed by atoms with E-state index in [1.165, 1.54) is 57.8 Å². The number of aliphatic hydroxyl groups is 3. The SMILES string of the molecule is CCCCCC[C@H](O)CCC[C@H](O)[C@H]1CC[C@H]([C@H]2CC[C@H]([C@H](O)CCCCCCCCCCCCCC(=O)O)O2)O1. The zero-order valence-electron chi connectivity index (χ0n) is 26.2. The molecule has 2 aliphatic heterocycles. The molecule has 7 nitrogen and oxygen atoms in total. The highest BCUT2D eigenvalue weighted by molar-refractivity contribution is 5.66. The molecule has 0 aromatic heterocycles. The Kier molecular flexibility index (Phi) is 20.2. The van der Waals surface area contributed by atoms with Gasteiger partial charge in [-0.2, -0.15) is 0 Å². The fourth-order valence-corrected chi connectivity index (χ4v) is 6.60. The number of ether oxygens (including phenoxy) is 2. The van der Waals surface area contributed by atoms with E-state index in [0.717, 1.165) is 89.9 Å². The van der Waals surface area contributed by atoms with Gasteiger partial charge < -0.3 is 29.9 Å². The van der Waals surface area contributed by atoms with E-state index in [9.17, 15) is 20.1 Å². The first-order valence-corrected chi connectivity index (χ1v) is 17.5. The molecular formula is C34H64O7. The summed E-state index contributed by atoms with van der Waals surface area (Å²) in [5.74, 6) is -0.686. The molecule has 0 aliphatic carbocycles. The molecule has 2 aliphatic rings. The minimum atomic E-state index is -0.686. The quantitative estimate of drug-likeness (QED) is 0.0780. The predicted octanol–water partition coefficient (Wildman–Crippen LogP) is 7.46. The topological polar surface area (TPSA) is 116 Å². The van der Waals surface area contributed by atoms with Crippen LogP contribution in [-0.4, -0.2) is 69.1 Å². The fourth-order valence-electron chi connectivity index (χ4n) is 6.60. The Balaban J connectivity index is 1.45. The molecule has 0 bridgehead atoms. The van der Waals surface area contributed by atoms with Crippen molar-refractivity contribution >= 4 is 5.97 Å². The van der Waals surface area contributed by atoms with Gasteiger partial charge in [0.25, 0.3) is 0 Å². The molecule has 0 spiro atoms. The molecule has 2 rings (SSSR count). The molecule has 0 aromatic carbocycles. The lowest BCUT2D eigenvalue weighted by atomic mass is 9.99. The molecule has 7 heteroatoms. The van der Waals surface area contributed by atoms with Gasteiger partial charge in [0.2, 0.25) is 0 Å². The number of aliphatic carboxylic acids is 1. The number of hydrogen-bond acceptors (Lipinski definition) is 6. The van der Waals surface area contributed by atoms with Gasteiger partial charge in [-0.25, -0.2) is 0 Å². The van der Waals surface area contributed by atoms with Crippen molar-refractivity contribution in [1.29, 1.82) is 0 Å². The minimum absolute atomic E-state index is 0.0146. The Labute approximate surface area is 250 Å². The van der Waals surface area contributed by atoms with Crippen LogP contribution >= 0.6 is 0 Å². The van der Waals surface area contributed by atoms with Crippen molar-refractivity contribution in [2.45, 2.75) is 210 Å². The summed E-state index contributed by atoms with van der Waals surface area (Å²) >= 11 is 0. The van der Waals surface area contributed by atoms with Gasteiger partial charge in [-0.05, 0) is 64.2 Å². The van der Waals surface area contributed by atoms with Crippen LogP contribution in [0, 0.1) is 0 Å². The first-order chi connectivity index (χ1) is 19.9. The lowest BCUT2D eigenvalue weighted by Crippen LogP contribution is -2.33. The Morgan fingerprint density at radius 2 is 1.00 bits per heavy atom. The van der Waals surface area contributed by atoms with Gasteiger partial charge in [0, 0.05) is 6.42 Å². The second kappa shape index (κ2) is 22.8. The third kappa shape index (κ3) is 16.6. The van der Waals surface area contributed by atoms with E-state index < -0.39 is 18.2 Å². The molecule has 2 saturated heterocycles. The van der Waals surface area contributed by atoms with Crippen molar-refractivity contribution in [2.75, 3.05) is 0 Å². The van der Waals surface area contributed by atoms with Crippen LogP contribution < -0.4 is 0 Å². The number of aliphatic hydroxyl groups excluding tert-OH is 3. The van der Waals surface area contributed by atoms with E-state index in [4.69, 9.17) is 14.6 Å². The average Bonchev–Trinajstić information content (AvgIpc) is 3.64. The third-order valence-electron chi connectivity index (χ3n) is 9.26. The maximum atomic E-state index is 10.7. The molecule has 4 N–H and O–H groups in total. The van der Waals surface area contributed by atoms with E-state index in [-0.39, 0.29) is 30.5 Å². The summed E-state index contributed by atoms with van der Waals surface area (Å²) in [7, 11) is 0. The van der Waals surface area contributed by atoms with E-state index in [2.05, 4.69) is 6.92 Å². The maximum absolute atomic E-state index is 10.7. The van der Waals surface area contributed by atoms with Crippen molar-refractivity contribution in [3.05, 3.63) is 0 Å². The van der Waals surface area contributed by atoms with Gasteiger partial charge in [0.05, 0.1) is 42.7 Å². The highest BCUT2D eigenvalue weighted by Gasteiger charge is 2.40. The van der Waals surface area contributed by atoms with Crippen LogP contribution in [0.1, 0.15) is 167 Å². The number of rotatable bonds is 26. The summed E-state index contributed by atoms with van der Waals surface area (Å²) in [5.41, 5.74) is 0. The van der Waals surface area contributed by atoms with Crippen molar-refractivity contribution in [2.24, 2.45) is 0 Å². The zero-order chi connectivity index (χ0) is 29.7. The smallest absolute Gasteiger partial charge is 0.303 e. The molecule has 2 heterocycles. The van der Waals surface area contributed by atoms with Crippen LogP contribution in [0.5, 0.6) is 0 Å². The van der Waals surface area contributed by atoms with Crippen LogP contribution in [-0.2, 0) is 14.3 Å². The van der Waals surface area contributed by atoms with Crippen LogP contribution in [0.25, 0.3) is 0 Å². The Morgan fingerprint density at radius 1 is 0.585 bits per heavy atom.